The van der Waals surface area contributed by atoms with Gasteiger partial charge in [-0.2, -0.15) is 0 Å². The number of amides is 1. The molecule has 5 heteroatoms. The van der Waals surface area contributed by atoms with Gasteiger partial charge in [-0.3, -0.25) is 4.79 Å². The van der Waals surface area contributed by atoms with E-state index < -0.39 is 0 Å². The quantitative estimate of drug-likeness (QED) is 0.908. The molecule has 2 unspecified atom stereocenters. The molecule has 0 radical (unpaired) electrons. The maximum atomic E-state index is 13.0. The summed E-state index contributed by atoms with van der Waals surface area (Å²) in [6.07, 6.45) is 9.74. The molecule has 0 bridgehead atoms. The van der Waals surface area contributed by atoms with Gasteiger partial charge in [0.2, 0.25) is 0 Å². The average Bonchev–Trinajstić information content (AvgIpc) is 3.02. The van der Waals surface area contributed by atoms with Gasteiger partial charge in [0.25, 0.3) is 5.91 Å². The molecule has 2 fully saturated rings. The topological polar surface area (TPSA) is 55.6 Å². The molecule has 1 aliphatic heterocycles. The Morgan fingerprint density at radius 1 is 1.28 bits per heavy atom. The van der Waals surface area contributed by atoms with Crippen LogP contribution in [0.5, 0.6) is 0 Å². The molecule has 0 aromatic carbocycles. The molecule has 2 aliphatic rings. The lowest BCUT2D eigenvalue weighted by atomic mass is 9.75. The summed E-state index contributed by atoms with van der Waals surface area (Å²) in [5, 5.41) is 3.30. The molecule has 1 N–H and O–H groups in total. The number of nitrogens with zero attached hydrogens (tertiary/aromatic N) is 2. The lowest BCUT2D eigenvalue weighted by Gasteiger charge is -2.46. The zero-order chi connectivity index (χ0) is 17.4. The predicted octanol–water partition coefficient (Wildman–Crippen LogP) is 3.56. The van der Waals surface area contributed by atoms with Crippen molar-refractivity contribution in [3.8, 4) is 0 Å². The number of rotatable bonds is 2. The van der Waals surface area contributed by atoms with Gasteiger partial charge in [0.15, 0.2) is 0 Å². The van der Waals surface area contributed by atoms with E-state index in [9.17, 15) is 4.79 Å². The number of carbonyl (C=O) groups excluding carboxylic acids is 1. The first kappa shape index (κ1) is 16.6. The maximum absolute atomic E-state index is 13.0. The molecule has 1 saturated heterocycles. The van der Waals surface area contributed by atoms with Gasteiger partial charge in [0.05, 0.1) is 17.2 Å². The summed E-state index contributed by atoms with van der Waals surface area (Å²) in [6.45, 7) is 4.82. The summed E-state index contributed by atoms with van der Waals surface area (Å²) in [4.78, 5) is 17.6. The molecule has 3 heterocycles. The number of hydrogen-bond acceptors (Lipinski definition) is 3. The van der Waals surface area contributed by atoms with Crippen LogP contribution in [0.1, 0.15) is 66.7 Å². The molecule has 1 aliphatic carbocycles. The van der Waals surface area contributed by atoms with Crippen LogP contribution in [0.25, 0.3) is 5.65 Å². The zero-order valence-electron chi connectivity index (χ0n) is 15.2. The van der Waals surface area contributed by atoms with E-state index in [-0.39, 0.29) is 17.6 Å². The normalized spacial score (nSPS) is 26.9. The van der Waals surface area contributed by atoms with Crippen molar-refractivity contribution in [3.05, 3.63) is 35.3 Å². The third-order valence-electron chi connectivity index (χ3n) is 5.85. The first-order valence-corrected chi connectivity index (χ1v) is 9.49. The van der Waals surface area contributed by atoms with Gasteiger partial charge in [-0.05, 0) is 58.1 Å². The summed E-state index contributed by atoms with van der Waals surface area (Å²) in [6, 6.07) is 4.01. The smallest absolute Gasteiger partial charge is 0.255 e. The molecule has 2 aromatic heterocycles. The van der Waals surface area contributed by atoms with Crippen LogP contribution in [-0.2, 0) is 4.74 Å². The first-order chi connectivity index (χ1) is 12.1. The monoisotopic (exact) mass is 341 g/mol. The van der Waals surface area contributed by atoms with Gasteiger partial charge in [0.1, 0.15) is 5.65 Å². The minimum Gasteiger partial charge on any atom is -0.373 e. The lowest BCUT2D eigenvalue weighted by molar-refractivity contribution is -0.116. The lowest BCUT2D eigenvalue weighted by Crippen LogP contribution is -2.57. The highest BCUT2D eigenvalue weighted by Gasteiger charge is 2.43. The Morgan fingerprint density at radius 3 is 2.88 bits per heavy atom. The Kier molecular flexibility index (Phi) is 4.28. The van der Waals surface area contributed by atoms with Crippen LogP contribution < -0.4 is 5.32 Å². The molecule has 1 amide bonds. The number of nitrogens with one attached hydrogen (secondary N) is 1. The standard InChI is InChI=1S/C20H27N3O2/c1-14-13-15(2)23-11-8-16(18(23)21-14)19(24)22-17-7-3-4-9-20(17)10-5-6-12-25-20/h8,11,13,17H,3-7,9-10,12H2,1-2H3,(H,22,24). The molecule has 2 atom stereocenters. The van der Waals surface area contributed by atoms with E-state index in [0.717, 1.165) is 55.7 Å². The van der Waals surface area contributed by atoms with E-state index in [2.05, 4.69) is 10.3 Å². The van der Waals surface area contributed by atoms with Crippen LogP contribution in [0, 0.1) is 13.8 Å². The summed E-state index contributed by atoms with van der Waals surface area (Å²) in [5.74, 6) is -0.0274. The minimum absolute atomic E-state index is 0.0274. The first-order valence-electron chi connectivity index (χ1n) is 9.49. The van der Waals surface area contributed by atoms with Crippen molar-refractivity contribution in [2.75, 3.05) is 6.61 Å². The molecular formula is C20H27N3O2. The van der Waals surface area contributed by atoms with Gasteiger partial charge in [0, 0.05) is 24.2 Å². The van der Waals surface area contributed by atoms with E-state index in [1.54, 1.807) is 0 Å². The van der Waals surface area contributed by atoms with Gasteiger partial charge < -0.3 is 14.5 Å². The van der Waals surface area contributed by atoms with E-state index in [0.29, 0.717) is 5.56 Å². The Morgan fingerprint density at radius 2 is 2.08 bits per heavy atom. The van der Waals surface area contributed by atoms with E-state index >= 15 is 0 Å². The van der Waals surface area contributed by atoms with Crippen molar-refractivity contribution in [1.29, 1.82) is 0 Å². The second-order valence-corrected chi connectivity index (χ2v) is 7.60. The molecule has 4 rings (SSSR count). The number of carbonyl (C=O) groups is 1. The SMILES string of the molecule is Cc1cc(C)n2ccc(C(=O)NC3CCCCC34CCCCO4)c2n1. The van der Waals surface area contributed by atoms with Crippen molar-refractivity contribution < 1.29 is 9.53 Å². The summed E-state index contributed by atoms with van der Waals surface area (Å²) in [5.41, 5.74) is 3.27. The van der Waals surface area contributed by atoms with Gasteiger partial charge >= 0.3 is 0 Å². The Hall–Kier alpha value is -1.88. The summed E-state index contributed by atoms with van der Waals surface area (Å²) in [7, 11) is 0. The Balaban J connectivity index is 1.61. The Bertz CT molecular complexity index is 781. The molecule has 2 aromatic rings. The maximum Gasteiger partial charge on any atom is 0.255 e. The second-order valence-electron chi connectivity index (χ2n) is 7.60. The highest BCUT2D eigenvalue weighted by Crippen LogP contribution is 2.39. The largest absolute Gasteiger partial charge is 0.373 e. The third kappa shape index (κ3) is 2.95. The van der Waals surface area contributed by atoms with Crippen molar-refractivity contribution in [2.45, 2.75) is 70.4 Å². The fraction of sp³-hybridized carbons (Fsp3) is 0.600. The highest BCUT2D eigenvalue weighted by molar-refractivity contribution is 6.00. The van der Waals surface area contributed by atoms with E-state index in [1.165, 1.54) is 12.8 Å². The molecule has 1 saturated carbocycles. The molecular weight excluding hydrogens is 314 g/mol. The van der Waals surface area contributed by atoms with Crippen LogP contribution in [0.2, 0.25) is 0 Å². The summed E-state index contributed by atoms with van der Waals surface area (Å²) >= 11 is 0. The van der Waals surface area contributed by atoms with Gasteiger partial charge in [-0.25, -0.2) is 4.98 Å². The molecule has 134 valence electrons. The van der Waals surface area contributed by atoms with Crippen LogP contribution in [0.3, 0.4) is 0 Å². The molecule has 25 heavy (non-hydrogen) atoms. The number of aryl methyl sites for hydroxylation is 2. The van der Waals surface area contributed by atoms with Crippen molar-refractivity contribution >= 4 is 11.6 Å². The van der Waals surface area contributed by atoms with E-state index in [1.807, 2.05) is 36.6 Å². The number of hydrogen-bond donors (Lipinski definition) is 1. The minimum atomic E-state index is -0.152. The second kappa shape index (κ2) is 6.45. The van der Waals surface area contributed by atoms with Gasteiger partial charge in [-0.1, -0.05) is 12.8 Å². The van der Waals surface area contributed by atoms with Crippen LogP contribution >= 0.6 is 0 Å². The van der Waals surface area contributed by atoms with Crippen molar-refractivity contribution in [1.82, 2.24) is 14.7 Å². The zero-order valence-corrected chi connectivity index (χ0v) is 15.2. The van der Waals surface area contributed by atoms with Crippen LogP contribution in [0.4, 0.5) is 0 Å². The van der Waals surface area contributed by atoms with Crippen molar-refractivity contribution in [2.24, 2.45) is 0 Å². The average molecular weight is 341 g/mol. The fourth-order valence-corrected chi connectivity index (χ4v) is 4.57. The molecule has 5 nitrogen and oxygen atoms in total. The van der Waals surface area contributed by atoms with Crippen LogP contribution in [0.15, 0.2) is 18.3 Å². The summed E-state index contributed by atoms with van der Waals surface area (Å²) < 4.78 is 8.21. The highest BCUT2D eigenvalue weighted by atomic mass is 16.5. The van der Waals surface area contributed by atoms with Crippen molar-refractivity contribution in [3.63, 3.8) is 0 Å². The van der Waals surface area contributed by atoms with Gasteiger partial charge in [-0.15, -0.1) is 0 Å². The molecule has 1 spiro atoms. The number of fused-ring (bicyclic) bond motifs is 1. The predicted molar refractivity (Wildman–Crippen MR) is 96.9 cm³/mol. The number of ether oxygens (including phenoxy) is 1. The fourth-order valence-electron chi connectivity index (χ4n) is 4.57. The van der Waals surface area contributed by atoms with Crippen LogP contribution in [-0.4, -0.2) is 33.5 Å². The van der Waals surface area contributed by atoms with E-state index in [4.69, 9.17) is 4.74 Å². The third-order valence-corrected chi connectivity index (χ3v) is 5.85. The Labute approximate surface area is 148 Å². The number of aromatic nitrogens is 2.